The number of benzene rings is 1. The number of halogens is 9. The summed E-state index contributed by atoms with van der Waals surface area (Å²) >= 11 is 0. The van der Waals surface area contributed by atoms with Gasteiger partial charge in [0.1, 0.15) is 0 Å². The molecule has 5 nitrogen and oxygen atoms in total. The van der Waals surface area contributed by atoms with E-state index in [4.69, 9.17) is 0 Å². The van der Waals surface area contributed by atoms with Gasteiger partial charge in [-0.25, -0.2) is 4.79 Å². The fourth-order valence-electron chi connectivity index (χ4n) is 5.89. The van der Waals surface area contributed by atoms with Crippen LogP contribution < -0.4 is 4.90 Å². The number of carbonyl (C=O) groups excluding carboxylic acids is 1. The minimum absolute atomic E-state index is 0.126. The number of amides is 1. The van der Waals surface area contributed by atoms with Crippen LogP contribution in [-0.2, 0) is 17.5 Å². The number of carbonyl (C=O) groups is 1. The van der Waals surface area contributed by atoms with Gasteiger partial charge in [0.2, 0.25) is 0 Å². The molecule has 1 amide bonds. The van der Waals surface area contributed by atoms with Crippen LogP contribution in [0.5, 0.6) is 0 Å². The molecule has 3 fully saturated rings. The highest BCUT2D eigenvalue weighted by Crippen LogP contribution is 2.42. The maximum Gasteiger partial charge on any atom is 0.434 e. The summed E-state index contributed by atoms with van der Waals surface area (Å²) in [6, 6.07) is 4.04. The van der Waals surface area contributed by atoms with E-state index in [0.29, 0.717) is 37.3 Å². The van der Waals surface area contributed by atoms with Crippen LogP contribution in [0, 0.1) is 0 Å². The fourth-order valence-corrected chi connectivity index (χ4v) is 5.89. The van der Waals surface area contributed by atoms with E-state index in [1.807, 2.05) is 9.80 Å². The molecule has 0 bridgehead atoms. The Balaban J connectivity index is 1.46. The number of likely N-dealkylation sites (tertiary alicyclic amines) is 2. The third kappa shape index (κ3) is 6.86. The van der Waals surface area contributed by atoms with E-state index < -0.39 is 41.8 Å². The average molecular weight is 576 g/mol. The number of ether oxygens (including phenoxy) is 1. The molecule has 1 aromatic rings. The normalized spacial score (nSPS) is 21.2. The molecule has 0 aromatic heterocycles. The zero-order valence-electron chi connectivity index (χ0n) is 21.1. The van der Waals surface area contributed by atoms with Gasteiger partial charge >= 0.3 is 24.6 Å². The Morgan fingerprint density at radius 1 is 0.795 bits per heavy atom. The Hall–Kier alpha value is -2.38. The molecule has 3 saturated heterocycles. The van der Waals surface area contributed by atoms with Crippen LogP contribution in [0.15, 0.2) is 18.2 Å². The zero-order chi connectivity index (χ0) is 28.6. The van der Waals surface area contributed by atoms with Gasteiger partial charge in [-0.1, -0.05) is 0 Å². The second kappa shape index (κ2) is 10.9. The molecule has 0 aliphatic carbocycles. The van der Waals surface area contributed by atoms with Crippen molar-refractivity contribution in [2.45, 2.75) is 81.7 Å². The largest absolute Gasteiger partial charge is 0.434 e. The second-order valence-corrected chi connectivity index (χ2v) is 10.5. The maximum absolute atomic E-state index is 13.7. The van der Waals surface area contributed by atoms with Gasteiger partial charge in [-0.15, -0.1) is 0 Å². The highest BCUT2D eigenvalue weighted by molar-refractivity contribution is 5.68. The van der Waals surface area contributed by atoms with E-state index in [1.165, 1.54) is 0 Å². The van der Waals surface area contributed by atoms with Gasteiger partial charge in [0.25, 0.3) is 6.10 Å². The van der Waals surface area contributed by atoms with Crippen LogP contribution in [0.2, 0.25) is 0 Å². The second-order valence-electron chi connectivity index (χ2n) is 10.5. The zero-order valence-corrected chi connectivity index (χ0v) is 21.1. The monoisotopic (exact) mass is 575 g/mol. The predicted molar refractivity (Wildman–Crippen MR) is 123 cm³/mol. The minimum Gasteiger partial charge on any atom is -0.426 e. The molecule has 39 heavy (non-hydrogen) atoms. The fraction of sp³-hybridized carbons (Fsp3) is 0.720. The third-order valence-corrected chi connectivity index (χ3v) is 7.91. The van der Waals surface area contributed by atoms with Gasteiger partial charge in [-0.3, -0.25) is 4.90 Å². The molecule has 0 N–H and O–H groups in total. The topological polar surface area (TPSA) is 36.0 Å². The van der Waals surface area contributed by atoms with Crippen molar-refractivity contribution in [2.24, 2.45) is 0 Å². The molecule has 3 heterocycles. The van der Waals surface area contributed by atoms with E-state index in [9.17, 15) is 44.3 Å². The van der Waals surface area contributed by atoms with E-state index in [0.717, 1.165) is 42.7 Å². The first-order chi connectivity index (χ1) is 18.1. The Labute approximate surface area is 219 Å². The molecule has 1 spiro atoms. The van der Waals surface area contributed by atoms with Gasteiger partial charge in [0, 0.05) is 44.0 Å². The summed E-state index contributed by atoms with van der Waals surface area (Å²) in [4.78, 5) is 17.0. The number of anilines is 1. The van der Waals surface area contributed by atoms with Crippen molar-refractivity contribution >= 4 is 11.8 Å². The van der Waals surface area contributed by atoms with Crippen LogP contribution in [0.1, 0.15) is 56.1 Å². The molecule has 14 heteroatoms. The van der Waals surface area contributed by atoms with Crippen LogP contribution in [0.3, 0.4) is 0 Å². The number of hydrogen-bond acceptors (Lipinski definition) is 4. The standard InChI is InChI=1S/C25H30F9N3O2/c26-23(27,28)18-13-17(14-19(15-18)35-8-2-1-3-9-35)16-37-10-4-5-22(37)6-11-36(12-7-22)21(38)39-20(24(29,30)31)25(32,33)34/h13-15,20H,1-12,16H2. The molecule has 3 aliphatic rings. The molecule has 0 atom stereocenters. The summed E-state index contributed by atoms with van der Waals surface area (Å²) in [6.07, 6.45) is -17.3. The van der Waals surface area contributed by atoms with Crippen molar-refractivity contribution in [3.63, 3.8) is 0 Å². The van der Waals surface area contributed by atoms with Gasteiger partial charge in [-0.05, 0) is 75.3 Å². The first kappa shape index (κ1) is 29.6. The third-order valence-electron chi connectivity index (χ3n) is 7.91. The Morgan fingerprint density at radius 2 is 1.41 bits per heavy atom. The quantitative estimate of drug-likeness (QED) is 0.372. The lowest BCUT2D eigenvalue weighted by molar-refractivity contribution is -0.308. The van der Waals surface area contributed by atoms with Gasteiger partial charge in [0.15, 0.2) is 0 Å². The highest BCUT2D eigenvalue weighted by atomic mass is 19.4. The van der Waals surface area contributed by atoms with Crippen molar-refractivity contribution in [1.82, 2.24) is 9.80 Å². The summed E-state index contributed by atoms with van der Waals surface area (Å²) in [5.74, 6) is 0. The molecule has 3 aliphatic heterocycles. The predicted octanol–water partition coefficient (Wildman–Crippen LogP) is 6.76. The molecule has 220 valence electrons. The van der Waals surface area contributed by atoms with Crippen LogP contribution in [0.4, 0.5) is 50.0 Å². The summed E-state index contributed by atoms with van der Waals surface area (Å²) < 4.78 is 122. The van der Waals surface area contributed by atoms with Crippen molar-refractivity contribution in [3.8, 4) is 0 Å². The molecule has 0 saturated carbocycles. The lowest BCUT2D eigenvalue weighted by Crippen LogP contribution is -2.54. The van der Waals surface area contributed by atoms with E-state index in [1.54, 1.807) is 6.07 Å². The lowest BCUT2D eigenvalue weighted by Gasteiger charge is -2.45. The summed E-state index contributed by atoms with van der Waals surface area (Å²) in [5.41, 5.74) is -0.278. The maximum atomic E-state index is 13.7. The number of nitrogens with zero attached hydrogens (tertiary/aromatic N) is 3. The Morgan fingerprint density at radius 3 is 1.97 bits per heavy atom. The van der Waals surface area contributed by atoms with Crippen molar-refractivity contribution in [2.75, 3.05) is 37.6 Å². The van der Waals surface area contributed by atoms with Gasteiger partial charge in [0.05, 0.1) is 5.56 Å². The number of rotatable bonds is 4. The summed E-state index contributed by atoms with van der Waals surface area (Å²) in [6.45, 7) is 1.87. The van der Waals surface area contributed by atoms with E-state index >= 15 is 0 Å². The van der Waals surface area contributed by atoms with Crippen LogP contribution in [0.25, 0.3) is 0 Å². The summed E-state index contributed by atoms with van der Waals surface area (Å²) in [7, 11) is 0. The summed E-state index contributed by atoms with van der Waals surface area (Å²) in [5, 5.41) is 0. The number of piperidine rings is 2. The van der Waals surface area contributed by atoms with E-state index in [-0.39, 0.29) is 32.5 Å². The number of hydrogen-bond donors (Lipinski definition) is 0. The smallest absolute Gasteiger partial charge is 0.426 e. The molecular weight excluding hydrogens is 545 g/mol. The first-order valence-electron chi connectivity index (χ1n) is 12.9. The molecule has 1 aromatic carbocycles. The lowest BCUT2D eigenvalue weighted by atomic mass is 9.84. The molecular formula is C25H30F9N3O2. The SMILES string of the molecule is O=C(OC(C(F)(F)F)C(F)(F)F)N1CCC2(CCCN2Cc2cc(N3CCCCC3)cc(C(F)(F)F)c2)CC1. The van der Waals surface area contributed by atoms with Gasteiger partial charge < -0.3 is 14.5 Å². The van der Waals surface area contributed by atoms with Crippen molar-refractivity contribution in [1.29, 1.82) is 0 Å². The van der Waals surface area contributed by atoms with Gasteiger partial charge in [-0.2, -0.15) is 39.5 Å². The number of alkyl halides is 9. The first-order valence-corrected chi connectivity index (χ1v) is 12.9. The van der Waals surface area contributed by atoms with E-state index in [2.05, 4.69) is 4.74 Å². The molecule has 0 radical (unpaired) electrons. The van der Waals surface area contributed by atoms with Crippen LogP contribution in [-0.4, -0.2) is 72.6 Å². The van der Waals surface area contributed by atoms with Crippen molar-refractivity contribution in [3.05, 3.63) is 29.3 Å². The Bertz CT molecular complexity index is 998. The minimum atomic E-state index is -5.80. The average Bonchev–Trinajstić information content (AvgIpc) is 3.22. The van der Waals surface area contributed by atoms with Crippen molar-refractivity contribution < 1.29 is 49.0 Å². The Kier molecular flexibility index (Phi) is 8.26. The molecule has 4 rings (SSSR count). The van der Waals surface area contributed by atoms with Crippen LogP contribution >= 0.6 is 0 Å². The highest BCUT2D eigenvalue weighted by Gasteiger charge is 2.60. The molecule has 0 unspecified atom stereocenters.